The van der Waals surface area contributed by atoms with Gasteiger partial charge in [0.05, 0.1) is 16.8 Å². The van der Waals surface area contributed by atoms with Crippen molar-refractivity contribution in [3.05, 3.63) is 27.2 Å². The van der Waals surface area contributed by atoms with Crippen molar-refractivity contribution in [3.8, 4) is 6.07 Å². The number of carbonyl (C=O) groups is 1. The molecule has 1 aromatic carbocycles. The van der Waals surface area contributed by atoms with Crippen LogP contribution < -0.4 is 5.32 Å². The summed E-state index contributed by atoms with van der Waals surface area (Å²) >= 11 is 9.29. The normalized spacial score (nSPS) is 9.47. The molecule has 0 aliphatic heterocycles. The Bertz CT molecular complexity index is 440. The van der Waals surface area contributed by atoms with Crippen LogP contribution in [0.2, 0.25) is 5.02 Å². The topological polar surface area (TPSA) is 52.9 Å². The minimum atomic E-state index is -0.364. The van der Waals surface area contributed by atoms with Gasteiger partial charge in [0, 0.05) is 4.47 Å². The molecule has 0 spiro atoms. The quantitative estimate of drug-likeness (QED) is 0.907. The van der Waals surface area contributed by atoms with Crippen molar-refractivity contribution >= 4 is 39.1 Å². The number of hydrogen-bond acceptors (Lipinski definition) is 2. The van der Waals surface area contributed by atoms with E-state index in [2.05, 4.69) is 21.2 Å². The van der Waals surface area contributed by atoms with Crippen molar-refractivity contribution in [2.75, 3.05) is 5.32 Å². The summed E-state index contributed by atoms with van der Waals surface area (Å²) in [5.41, 5.74) is 1.38. The van der Waals surface area contributed by atoms with Crippen molar-refractivity contribution in [3.63, 3.8) is 0 Å². The number of benzene rings is 1. The van der Waals surface area contributed by atoms with Crippen molar-refractivity contribution in [1.82, 2.24) is 0 Å². The molecule has 0 unspecified atom stereocenters. The first kappa shape index (κ1) is 12.0. The second kappa shape index (κ2) is 5.15. The van der Waals surface area contributed by atoms with Crippen LogP contribution in [0.3, 0.4) is 0 Å². The zero-order valence-corrected chi connectivity index (χ0v) is 10.3. The molecule has 0 aliphatic carbocycles. The maximum atomic E-state index is 11.2. The Labute approximate surface area is 101 Å². The number of halogens is 2. The van der Waals surface area contributed by atoms with Crippen LogP contribution in [0.15, 0.2) is 16.6 Å². The number of nitrogens with zero attached hydrogens (tertiary/aromatic N) is 1. The lowest BCUT2D eigenvalue weighted by Crippen LogP contribution is -2.10. The molecule has 78 valence electrons. The lowest BCUT2D eigenvalue weighted by Gasteiger charge is -2.08. The fourth-order valence-corrected chi connectivity index (χ4v) is 1.81. The van der Waals surface area contributed by atoms with Crippen LogP contribution in [0.5, 0.6) is 0 Å². The van der Waals surface area contributed by atoms with Crippen molar-refractivity contribution in [2.24, 2.45) is 0 Å². The number of nitriles is 1. The SMILES string of the molecule is Cc1cc(Br)cc(NC(=O)CC#N)c1Cl. The summed E-state index contributed by atoms with van der Waals surface area (Å²) in [5.74, 6) is -0.364. The Hall–Kier alpha value is -1.05. The van der Waals surface area contributed by atoms with Gasteiger partial charge in [0.15, 0.2) is 0 Å². The van der Waals surface area contributed by atoms with Crippen molar-refractivity contribution in [1.29, 1.82) is 5.26 Å². The lowest BCUT2D eigenvalue weighted by atomic mass is 10.2. The summed E-state index contributed by atoms with van der Waals surface area (Å²) in [5, 5.41) is 11.4. The Kier molecular flexibility index (Phi) is 4.13. The van der Waals surface area contributed by atoms with Crippen LogP contribution in [0, 0.1) is 18.3 Å². The Morgan fingerprint density at radius 3 is 2.93 bits per heavy atom. The highest BCUT2D eigenvalue weighted by atomic mass is 79.9. The molecule has 0 fully saturated rings. The van der Waals surface area contributed by atoms with Gasteiger partial charge in [-0.1, -0.05) is 27.5 Å². The molecule has 1 aromatic rings. The van der Waals surface area contributed by atoms with Gasteiger partial charge in [0.25, 0.3) is 0 Å². The molecule has 5 heteroatoms. The number of rotatable bonds is 2. The molecule has 0 atom stereocenters. The van der Waals surface area contributed by atoms with Crippen LogP contribution in [-0.2, 0) is 4.79 Å². The summed E-state index contributed by atoms with van der Waals surface area (Å²) in [7, 11) is 0. The minimum Gasteiger partial charge on any atom is -0.324 e. The molecule has 15 heavy (non-hydrogen) atoms. The Balaban J connectivity index is 2.95. The number of carbonyl (C=O) groups excluding carboxylic acids is 1. The molecule has 0 radical (unpaired) electrons. The molecule has 1 N–H and O–H groups in total. The highest BCUT2D eigenvalue weighted by Gasteiger charge is 2.08. The van der Waals surface area contributed by atoms with Crippen LogP contribution in [0.25, 0.3) is 0 Å². The fourth-order valence-electron chi connectivity index (χ4n) is 1.08. The predicted octanol–water partition coefficient (Wildman–Crippen LogP) is 3.26. The van der Waals surface area contributed by atoms with Crippen LogP contribution >= 0.6 is 27.5 Å². The summed E-state index contributed by atoms with van der Waals surface area (Å²) in [6.45, 7) is 1.84. The van der Waals surface area contributed by atoms with Crippen molar-refractivity contribution in [2.45, 2.75) is 13.3 Å². The fraction of sp³-hybridized carbons (Fsp3) is 0.200. The highest BCUT2D eigenvalue weighted by molar-refractivity contribution is 9.10. The highest BCUT2D eigenvalue weighted by Crippen LogP contribution is 2.29. The summed E-state index contributed by atoms with van der Waals surface area (Å²) in [6, 6.07) is 5.32. The zero-order chi connectivity index (χ0) is 11.4. The first-order valence-corrected chi connectivity index (χ1v) is 5.34. The van der Waals surface area contributed by atoms with Gasteiger partial charge in [0.2, 0.25) is 5.91 Å². The Morgan fingerprint density at radius 1 is 1.67 bits per heavy atom. The molecular formula is C10H8BrClN2O. The van der Waals surface area contributed by atoms with Gasteiger partial charge < -0.3 is 5.32 Å². The van der Waals surface area contributed by atoms with Crippen LogP contribution in [0.1, 0.15) is 12.0 Å². The molecule has 0 heterocycles. The third kappa shape index (κ3) is 3.22. The average molecular weight is 288 g/mol. The van der Waals surface area contributed by atoms with E-state index in [1.807, 2.05) is 13.0 Å². The molecule has 3 nitrogen and oxygen atoms in total. The molecule has 0 saturated heterocycles. The van der Waals surface area contributed by atoms with Crippen LogP contribution in [-0.4, -0.2) is 5.91 Å². The lowest BCUT2D eigenvalue weighted by molar-refractivity contribution is -0.115. The van der Waals surface area contributed by atoms with Gasteiger partial charge in [-0.3, -0.25) is 4.79 Å². The van der Waals surface area contributed by atoms with E-state index in [1.165, 1.54) is 0 Å². The summed E-state index contributed by atoms with van der Waals surface area (Å²) in [6.07, 6.45) is -0.179. The number of aryl methyl sites for hydroxylation is 1. The van der Waals surface area contributed by atoms with Gasteiger partial charge in [-0.15, -0.1) is 0 Å². The monoisotopic (exact) mass is 286 g/mol. The second-order valence-corrected chi connectivity index (χ2v) is 4.26. The van der Waals surface area contributed by atoms with Gasteiger partial charge >= 0.3 is 0 Å². The van der Waals surface area contributed by atoms with E-state index in [-0.39, 0.29) is 12.3 Å². The molecule has 0 aromatic heterocycles. The molecule has 0 bridgehead atoms. The van der Waals surface area contributed by atoms with E-state index >= 15 is 0 Å². The van der Waals surface area contributed by atoms with Gasteiger partial charge in [-0.2, -0.15) is 5.26 Å². The predicted molar refractivity (Wildman–Crippen MR) is 62.7 cm³/mol. The average Bonchev–Trinajstić information content (AvgIpc) is 2.13. The smallest absolute Gasteiger partial charge is 0.238 e. The van der Waals surface area contributed by atoms with Crippen LogP contribution in [0.4, 0.5) is 5.69 Å². The zero-order valence-electron chi connectivity index (χ0n) is 7.97. The van der Waals surface area contributed by atoms with E-state index in [9.17, 15) is 4.79 Å². The maximum Gasteiger partial charge on any atom is 0.238 e. The maximum absolute atomic E-state index is 11.2. The molecule has 0 aliphatic rings. The third-order valence-corrected chi connectivity index (χ3v) is 2.69. The van der Waals surface area contributed by atoms with E-state index in [0.717, 1.165) is 10.0 Å². The van der Waals surface area contributed by atoms with Crippen molar-refractivity contribution < 1.29 is 4.79 Å². The molecule has 0 saturated carbocycles. The van der Waals surface area contributed by atoms with E-state index in [0.29, 0.717) is 10.7 Å². The van der Waals surface area contributed by atoms with Gasteiger partial charge in [-0.05, 0) is 24.6 Å². The van der Waals surface area contributed by atoms with E-state index < -0.39 is 0 Å². The summed E-state index contributed by atoms with van der Waals surface area (Å²) < 4.78 is 0.830. The number of amides is 1. The molecular weight excluding hydrogens is 279 g/mol. The van der Waals surface area contributed by atoms with E-state index in [1.54, 1.807) is 12.1 Å². The number of hydrogen-bond donors (Lipinski definition) is 1. The second-order valence-electron chi connectivity index (χ2n) is 2.97. The first-order chi connectivity index (χ1) is 7.04. The largest absolute Gasteiger partial charge is 0.324 e. The van der Waals surface area contributed by atoms with Gasteiger partial charge in [0.1, 0.15) is 6.42 Å². The minimum absolute atomic E-state index is 0.179. The standard InChI is InChI=1S/C10H8BrClN2O/c1-6-4-7(11)5-8(10(6)12)14-9(15)2-3-13/h4-5H,2H2,1H3,(H,14,15). The first-order valence-electron chi connectivity index (χ1n) is 4.17. The van der Waals surface area contributed by atoms with E-state index in [4.69, 9.17) is 16.9 Å². The number of nitrogens with one attached hydrogen (secondary N) is 1. The third-order valence-electron chi connectivity index (χ3n) is 1.73. The molecule has 1 amide bonds. The van der Waals surface area contributed by atoms with Gasteiger partial charge in [-0.25, -0.2) is 0 Å². The Morgan fingerprint density at radius 2 is 2.33 bits per heavy atom. The number of anilines is 1. The summed E-state index contributed by atoms with van der Waals surface area (Å²) in [4.78, 5) is 11.2. The molecule has 1 rings (SSSR count).